The average molecular weight is 404 g/mol. The van der Waals surface area contributed by atoms with Gasteiger partial charge in [0.05, 0.1) is 5.71 Å². The van der Waals surface area contributed by atoms with E-state index in [-0.39, 0.29) is 22.9 Å². The van der Waals surface area contributed by atoms with Gasteiger partial charge in [0.1, 0.15) is 16.9 Å². The van der Waals surface area contributed by atoms with Gasteiger partial charge in [0.15, 0.2) is 5.84 Å². The fourth-order valence-corrected chi connectivity index (χ4v) is 3.10. The Bertz CT molecular complexity index is 1110. The second-order valence-electron chi connectivity index (χ2n) is 8.02. The number of ether oxygens (including phenoxy) is 1. The molecular weight excluding hydrogens is 380 g/mol. The van der Waals surface area contributed by atoms with E-state index < -0.39 is 17.5 Å². The first-order chi connectivity index (χ1) is 14.1. The molecule has 1 amide bonds. The lowest BCUT2D eigenvalue weighted by Gasteiger charge is -2.21. The Morgan fingerprint density at radius 3 is 2.20 bits per heavy atom. The van der Waals surface area contributed by atoms with Gasteiger partial charge in [0, 0.05) is 16.7 Å². The van der Waals surface area contributed by atoms with Gasteiger partial charge in [0.2, 0.25) is 0 Å². The van der Waals surface area contributed by atoms with E-state index in [1.165, 1.54) is 6.92 Å². The van der Waals surface area contributed by atoms with E-state index in [2.05, 4.69) is 9.98 Å². The van der Waals surface area contributed by atoms with Crippen LogP contribution in [0.3, 0.4) is 0 Å². The number of allylic oxidation sites excluding steroid dienone is 1. The maximum Gasteiger partial charge on any atom is 0.344 e. The van der Waals surface area contributed by atoms with Crippen molar-refractivity contribution >= 4 is 23.4 Å². The standard InChI is InChI=1S/C24H24N2O4/c1-14-10-6-7-11-16(14)22(28)26-21-18-13-9-8-12-17(18)20(25-21)19(15(2)27)23(29)30-24(3,4)5/h6-13,27H,1-5H3. The van der Waals surface area contributed by atoms with Crippen molar-refractivity contribution in [2.75, 3.05) is 0 Å². The third kappa shape index (κ3) is 4.38. The van der Waals surface area contributed by atoms with Crippen LogP contribution < -0.4 is 0 Å². The van der Waals surface area contributed by atoms with Gasteiger partial charge in [-0.25, -0.2) is 9.79 Å². The molecule has 0 radical (unpaired) electrons. The maximum atomic E-state index is 12.8. The van der Waals surface area contributed by atoms with Crippen LogP contribution in [0.25, 0.3) is 0 Å². The monoisotopic (exact) mass is 404 g/mol. The van der Waals surface area contributed by atoms with Gasteiger partial charge in [-0.3, -0.25) is 4.79 Å². The highest BCUT2D eigenvalue weighted by Gasteiger charge is 2.32. The van der Waals surface area contributed by atoms with E-state index in [1.807, 2.05) is 19.1 Å². The number of rotatable bonds is 3. The summed E-state index contributed by atoms with van der Waals surface area (Å²) in [7, 11) is 0. The number of hydrogen-bond acceptors (Lipinski definition) is 4. The van der Waals surface area contributed by atoms with E-state index >= 15 is 0 Å². The number of aliphatic hydroxyl groups is 1. The number of hydrogen-bond donors (Lipinski definition) is 1. The highest BCUT2D eigenvalue weighted by molar-refractivity contribution is 6.36. The van der Waals surface area contributed by atoms with Crippen molar-refractivity contribution in [1.29, 1.82) is 0 Å². The SMILES string of the molecule is CC(O)=C(C(=O)OC(C)(C)C)C1=NC(=NC(=O)c2ccccc2C)c2ccccc21. The molecule has 6 nitrogen and oxygen atoms in total. The van der Waals surface area contributed by atoms with Crippen molar-refractivity contribution in [2.24, 2.45) is 9.98 Å². The van der Waals surface area contributed by atoms with E-state index in [4.69, 9.17) is 4.74 Å². The van der Waals surface area contributed by atoms with Crippen molar-refractivity contribution in [1.82, 2.24) is 0 Å². The van der Waals surface area contributed by atoms with E-state index in [1.54, 1.807) is 57.2 Å². The molecule has 2 aromatic carbocycles. The predicted octanol–water partition coefficient (Wildman–Crippen LogP) is 4.56. The predicted molar refractivity (Wildman–Crippen MR) is 116 cm³/mol. The number of esters is 1. The van der Waals surface area contributed by atoms with Crippen LogP contribution in [0.5, 0.6) is 0 Å². The second-order valence-corrected chi connectivity index (χ2v) is 8.02. The number of amides is 1. The van der Waals surface area contributed by atoms with Crippen LogP contribution in [0.1, 0.15) is 54.7 Å². The van der Waals surface area contributed by atoms with Crippen molar-refractivity contribution < 1.29 is 19.4 Å². The minimum Gasteiger partial charge on any atom is -0.512 e. The number of aliphatic hydroxyl groups excluding tert-OH is 1. The summed E-state index contributed by atoms with van der Waals surface area (Å²) < 4.78 is 5.45. The minimum atomic E-state index is -0.742. The van der Waals surface area contributed by atoms with Gasteiger partial charge >= 0.3 is 5.97 Å². The summed E-state index contributed by atoms with van der Waals surface area (Å²) >= 11 is 0. The maximum absolute atomic E-state index is 12.8. The van der Waals surface area contributed by atoms with Gasteiger partial charge in [-0.15, -0.1) is 0 Å². The normalized spacial score (nSPS) is 15.4. The van der Waals surface area contributed by atoms with Crippen molar-refractivity contribution in [3.8, 4) is 0 Å². The molecule has 1 N–H and O–H groups in total. The molecular formula is C24H24N2O4. The molecule has 0 unspecified atom stereocenters. The Kier molecular flexibility index (Phi) is 5.69. The van der Waals surface area contributed by atoms with Crippen LogP contribution in [0.4, 0.5) is 0 Å². The molecule has 3 rings (SSSR count). The Labute approximate surface area is 175 Å². The minimum absolute atomic E-state index is 0.0501. The largest absolute Gasteiger partial charge is 0.512 e. The number of fused-ring (bicyclic) bond motifs is 1. The third-order valence-electron chi connectivity index (χ3n) is 4.43. The van der Waals surface area contributed by atoms with Gasteiger partial charge in [-0.2, -0.15) is 4.99 Å². The summed E-state index contributed by atoms with van der Waals surface area (Å²) in [6.45, 7) is 8.47. The molecule has 0 spiro atoms. The Morgan fingerprint density at radius 2 is 1.60 bits per heavy atom. The third-order valence-corrected chi connectivity index (χ3v) is 4.43. The first-order valence-corrected chi connectivity index (χ1v) is 9.59. The molecule has 30 heavy (non-hydrogen) atoms. The second kappa shape index (κ2) is 8.06. The molecule has 0 fully saturated rings. The summed E-state index contributed by atoms with van der Waals surface area (Å²) in [6, 6.07) is 14.3. The Balaban J connectivity index is 2.10. The van der Waals surface area contributed by atoms with Crippen LogP contribution in [0, 0.1) is 6.92 Å². The summed E-state index contributed by atoms with van der Waals surface area (Å²) in [5, 5.41) is 10.2. The van der Waals surface area contributed by atoms with Crippen LogP contribution >= 0.6 is 0 Å². The van der Waals surface area contributed by atoms with E-state index in [0.29, 0.717) is 16.7 Å². The number of benzene rings is 2. The Hall–Kier alpha value is -3.54. The summed E-state index contributed by atoms with van der Waals surface area (Å²) in [5.74, 6) is -1.14. The molecule has 0 saturated heterocycles. The summed E-state index contributed by atoms with van der Waals surface area (Å²) in [4.78, 5) is 34.2. The molecule has 154 valence electrons. The zero-order valence-electron chi connectivity index (χ0n) is 17.7. The van der Waals surface area contributed by atoms with E-state index in [9.17, 15) is 14.7 Å². The van der Waals surface area contributed by atoms with Crippen LogP contribution in [0.2, 0.25) is 0 Å². The number of carbonyl (C=O) groups is 2. The first-order valence-electron chi connectivity index (χ1n) is 9.59. The molecule has 1 aliphatic rings. The van der Waals surface area contributed by atoms with Gasteiger partial charge in [0.25, 0.3) is 5.91 Å². The van der Waals surface area contributed by atoms with Gasteiger partial charge < -0.3 is 9.84 Å². The van der Waals surface area contributed by atoms with Crippen LogP contribution in [-0.2, 0) is 9.53 Å². The molecule has 1 heterocycles. The smallest absolute Gasteiger partial charge is 0.344 e. The highest BCUT2D eigenvalue weighted by atomic mass is 16.6. The van der Waals surface area contributed by atoms with Gasteiger partial charge in [-0.1, -0.05) is 42.5 Å². The molecule has 0 aromatic heterocycles. The number of aryl methyl sites for hydroxylation is 1. The molecule has 0 saturated carbocycles. The Morgan fingerprint density at radius 1 is 1.00 bits per heavy atom. The lowest BCUT2D eigenvalue weighted by atomic mass is 9.99. The van der Waals surface area contributed by atoms with Crippen LogP contribution in [-0.4, -0.2) is 34.1 Å². The summed E-state index contributed by atoms with van der Waals surface area (Å²) in [5.41, 5.74) is 1.94. The van der Waals surface area contributed by atoms with Crippen molar-refractivity contribution in [3.63, 3.8) is 0 Å². The fourth-order valence-electron chi connectivity index (χ4n) is 3.10. The number of nitrogens with zero attached hydrogens (tertiary/aromatic N) is 2. The fraction of sp³-hybridized carbons (Fsp3) is 0.250. The zero-order valence-corrected chi connectivity index (χ0v) is 17.7. The molecule has 0 bridgehead atoms. The molecule has 0 atom stereocenters. The summed E-state index contributed by atoms with van der Waals surface area (Å²) in [6.07, 6.45) is 0. The van der Waals surface area contributed by atoms with Crippen LogP contribution in [0.15, 0.2) is 69.8 Å². The van der Waals surface area contributed by atoms with Crippen molar-refractivity contribution in [3.05, 3.63) is 82.1 Å². The lowest BCUT2D eigenvalue weighted by molar-refractivity contribution is -0.149. The number of aliphatic imine (C=N–C) groups is 2. The molecule has 6 heteroatoms. The first kappa shape index (κ1) is 21.2. The van der Waals surface area contributed by atoms with Crippen molar-refractivity contribution in [2.45, 2.75) is 40.2 Å². The average Bonchev–Trinajstić information content (AvgIpc) is 2.98. The molecule has 1 aliphatic heterocycles. The number of carbonyl (C=O) groups excluding carboxylic acids is 2. The topological polar surface area (TPSA) is 88.3 Å². The quantitative estimate of drug-likeness (QED) is 0.461. The number of amidine groups is 1. The highest BCUT2D eigenvalue weighted by Crippen LogP contribution is 2.27. The zero-order chi connectivity index (χ0) is 22.1. The lowest BCUT2D eigenvalue weighted by Crippen LogP contribution is -2.28. The van der Waals surface area contributed by atoms with E-state index in [0.717, 1.165) is 5.56 Å². The van der Waals surface area contributed by atoms with Gasteiger partial charge in [-0.05, 0) is 46.2 Å². The molecule has 2 aromatic rings. The molecule has 0 aliphatic carbocycles.